The third-order valence-corrected chi connectivity index (χ3v) is 12.9. The van der Waals surface area contributed by atoms with Crippen molar-refractivity contribution in [1.29, 1.82) is 0 Å². The Morgan fingerprint density at radius 2 is 0.667 bits per heavy atom. The zero-order chi connectivity index (χ0) is 43.0. The highest BCUT2D eigenvalue weighted by Crippen LogP contribution is 2.48. The molecule has 11 aromatic rings. The number of nitrogens with zero attached hydrogens (tertiary/aromatic N) is 2. The van der Waals surface area contributed by atoms with E-state index in [0.29, 0.717) is 23.0 Å². The minimum atomic E-state index is 0.192. The Morgan fingerprint density at radius 3 is 1.14 bits per heavy atom. The number of hydrogen-bond acceptors (Lipinski definition) is 12. The minimum absolute atomic E-state index is 0.192. The van der Waals surface area contributed by atoms with E-state index in [0.717, 1.165) is 123 Å². The molecule has 0 N–H and O–H groups in total. The average molecular weight is 869 g/mol. The van der Waals surface area contributed by atoms with E-state index in [2.05, 4.69) is 76.5 Å². The van der Waals surface area contributed by atoms with Gasteiger partial charge in [-0.15, -0.1) is 0 Å². The molecular formula is C54H32N2O10. The lowest BCUT2D eigenvalue weighted by Crippen LogP contribution is -2.10. The predicted molar refractivity (Wildman–Crippen MR) is 250 cm³/mol. The summed E-state index contributed by atoms with van der Waals surface area (Å²) in [6.45, 7) is 0.768. The lowest BCUT2D eigenvalue weighted by molar-refractivity contribution is 0.173. The van der Waals surface area contributed by atoms with Gasteiger partial charge in [0.05, 0.1) is 28.1 Å². The summed E-state index contributed by atoms with van der Waals surface area (Å²) in [7, 11) is 0. The normalized spacial score (nSPS) is 14.2. The molecule has 318 valence electrons. The van der Waals surface area contributed by atoms with E-state index in [-0.39, 0.29) is 27.2 Å². The second-order valence-electron chi connectivity index (χ2n) is 16.6. The van der Waals surface area contributed by atoms with E-state index in [1.54, 1.807) is 0 Å². The third kappa shape index (κ3) is 5.32. The average Bonchev–Trinajstić information content (AvgIpc) is 4.22. The van der Waals surface area contributed by atoms with Crippen LogP contribution in [0, 0.1) is 0 Å². The van der Waals surface area contributed by atoms with Gasteiger partial charge < -0.3 is 56.5 Å². The number of anilines is 6. The smallest absolute Gasteiger partial charge is 0.231 e. The zero-order valence-electron chi connectivity index (χ0n) is 34.7. The van der Waals surface area contributed by atoms with E-state index >= 15 is 0 Å². The van der Waals surface area contributed by atoms with Crippen molar-refractivity contribution in [1.82, 2.24) is 0 Å². The first-order valence-electron chi connectivity index (χ1n) is 21.5. The highest BCUT2D eigenvalue weighted by molar-refractivity contribution is 6.24. The van der Waals surface area contributed by atoms with Crippen molar-refractivity contribution in [3.05, 3.63) is 146 Å². The van der Waals surface area contributed by atoms with Crippen LogP contribution in [0.2, 0.25) is 0 Å². The number of hydrogen-bond donors (Lipinski definition) is 0. The molecule has 0 unspecified atom stereocenters. The standard InChI is InChI=1S/C54H32N2O10/c1-3-33(55(35-5-10-42-49(21-35)61-25-57-42)36-6-11-43-50(22-36)62-26-58-43)15-31-19-47-40(17-29(1)31)39-9-14-46-53(54(39)66-47)41-18-30-2-4-34(16-32(30)20-48(41)65-46)56(37-7-12-44-51(23-37)63-27-59-44)38-8-13-45-52(24-38)64-28-60-45/h1-24H,25-28H2. The molecule has 0 spiro atoms. The largest absolute Gasteiger partial charge is 0.456 e. The van der Waals surface area contributed by atoms with Gasteiger partial charge in [-0.2, -0.15) is 0 Å². The summed E-state index contributed by atoms with van der Waals surface area (Å²) >= 11 is 0. The Balaban J connectivity index is 0.843. The molecule has 4 aliphatic rings. The highest BCUT2D eigenvalue weighted by atomic mass is 16.7. The van der Waals surface area contributed by atoms with Gasteiger partial charge in [-0.25, -0.2) is 0 Å². The molecule has 0 aliphatic carbocycles. The summed E-state index contributed by atoms with van der Waals surface area (Å²) in [6.07, 6.45) is 0. The molecule has 9 aromatic carbocycles. The lowest BCUT2D eigenvalue weighted by atomic mass is 10.0. The molecule has 2 aromatic heterocycles. The van der Waals surface area contributed by atoms with Crippen LogP contribution in [0.4, 0.5) is 34.1 Å². The Bertz CT molecular complexity index is 3780. The summed E-state index contributed by atoms with van der Waals surface area (Å²) in [6, 6.07) is 49.6. The van der Waals surface area contributed by atoms with Crippen molar-refractivity contribution in [2.24, 2.45) is 0 Å². The van der Waals surface area contributed by atoms with Crippen LogP contribution in [0.5, 0.6) is 46.0 Å². The number of ether oxygens (including phenoxy) is 8. The number of rotatable bonds is 6. The van der Waals surface area contributed by atoms with Crippen LogP contribution in [-0.4, -0.2) is 27.2 Å². The maximum atomic E-state index is 6.86. The molecule has 0 bridgehead atoms. The molecule has 0 amide bonds. The van der Waals surface area contributed by atoms with Crippen LogP contribution in [0.15, 0.2) is 154 Å². The van der Waals surface area contributed by atoms with Crippen molar-refractivity contribution in [3.63, 3.8) is 0 Å². The van der Waals surface area contributed by atoms with Gasteiger partial charge in [0.2, 0.25) is 27.2 Å². The van der Waals surface area contributed by atoms with Crippen LogP contribution in [0.1, 0.15) is 0 Å². The van der Waals surface area contributed by atoms with Crippen LogP contribution in [0.3, 0.4) is 0 Å². The quantitative estimate of drug-likeness (QED) is 0.159. The number of furan rings is 2. The molecule has 4 aliphatic heterocycles. The second kappa shape index (κ2) is 13.3. The predicted octanol–water partition coefficient (Wildman–Crippen LogP) is 13.6. The Kier molecular flexibility index (Phi) is 7.17. The molecule has 0 saturated carbocycles. The molecule has 12 heteroatoms. The fourth-order valence-electron chi connectivity index (χ4n) is 9.82. The molecule has 15 rings (SSSR count). The molecule has 66 heavy (non-hydrogen) atoms. The summed E-state index contributed by atoms with van der Waals surface area (Å²) < 4.78 is 59.2. The van der Waals surface area contributed by atoms with Crippen LogP contribution in [0.25, 0.3) is 65.4 Å². The van der Waals surface area contributed by atoms with Gasteiger partial charge in [0, 0.05) is 51.8 Å². The molecule has 0 fully saturated rings. The summed E-state index contributed by atoms with van der Waals surface area (Å²) in [5.41, 5.74) is 8.61. The van der Waals surface area contributed by atoms with Crippen molar-refractivity contribution >= 4 is 99.5 Å². The van der Waals surface area contributed by atoms with Crippen molar-refractivity contribution in [2.45, 2.75) is 0 Å². The van der Waals surface area contributed by atoms with Gasteiger partial charge in [0.25, 0.3) is 0 Å². The number of fused-ring (bicyclic) bond motifs is 13. The van der Waals surface area contributed by atoms with Crippen LogP contribution >= 0.6 is 0 Å². The molecular weight excluding hydrogens is 837 g/mol. The van der Waals surface area contributed by atoms with Gasteiger partial charge in [-0.05, 0) is 131 Å². The van der Waals surface area contributed by atoms with Crippen LogP contribution in [-0.2, 0) is 0 Å². The van der Waals surface area contributed by atoms with E-state index in [1.165, 1.54) is 0 Å². The monoisotopic (exact) mass is 868 g/mol. The fourth-order valence-corrected chi connectivity index (χ4v) is 9.82. The van der Waals surface area contributed by atoms with Crippen molar-refractivity contribution in [3.8, 4) is 46.0 Å². The summed E-state index contributed by atoms with van der Waals surface area (Å²) in [5, 5.41) is 8.15. The van der Waals surface area contributed by atoms with Gasteiger partial charge in [-0.3, -0.25) is 0 Å². The minimum Gasteiger partial charge on any atom is -0.456 e. The maximum absolute atomic E-state index is 6.86. The van der Waals surface area contributed by atoms with E-state index in [9.17, 15) is 0 Å². The van der Waals surface area contributed by atoms with Crippen molar-refractivity contribution in [2.75, 3.05) is 37.0 Å². The highest BCUT2D eigenvalue weighted by Gasteiger charge is 2.25. The first kappa shape index (κ1) is 35.5. The Labute approximate surface area is 373 Å². The van der Waals surface area contributed by atoms with Crippen molar-refractivity contribution < 1.29 is 46.7 Å². The molecule has 0 atom stereocenters. The molecule has 0 radical (unpaired) electrons. The van der Waals surface area contributed by atoms with E-state index in [4.69, 9.17) is 46.7 Å². The summed E-state index contributed by atoms with van der Waals surface area (Å²) in [4.78, 5) is 4.34. The van der Waals surface area contributed by atoms with E-state index in [1.807, 2.05) is 78.9 Å². The van der Waals surface area contributed by atoms with Gasteiger partial charge in [-0.1, -0.05) is 12.1 Å². The maximum Gasteiger partial charge on any atom is 0.231 e. The Morgan fingerprint density at radius 1 is 0.273 bits per heavy atom. The second-order valence-corrected chi connectivity index (χ2v) is 16.6. The van der Waals surface area contributed by atoms with Gasteiger partial charge in [0.15, 0.2) is 46.0 Å². The first-order chi connectivity index (χ1) is 32.6. The van der Waals surface area contributed by atoms with Crippen LogP contribution < -0.4 is 47.7 Å². The summed E-state index contributed by atoms with van der Waals surface area (Å²) in [5.74, 6) is 5.65. The lowest BCUT2D eigenvalue weighted by Gasteiger charge is -2.26. The number of benzene rings is 9. The topological polar surface area (TPSA) is 107 Å². The third-order valence-electron chi connectivity index (χ3n) is 12.9. The van der Waals surface area contributed by atoms with E-state index < -0.39 is 0 Å². The Hall–Kier alpha value is -8.90. The SMILES string of the molecule is c1cc2c(cc1N(c1ccc3c(c1)OCO3)c1ccc3cc4c(cc3c1)oc1c4ccc3oc4cc5cc(N(c6ccc7c(c6)OCO7)c6ccc7c(c6)OCO7)ccc5cc4c31)OCO2. The fraction of sp³-hybridized carbons (Fsp3) is 0.0741. The first-order valence-corrected chi connectivity index (χ1v) is 21.5. The molecule has 6 heterocycles. The zero-order valence-corrected chi connectivity index (χ0v) is 34.7. The molecule has 12 nitrogen and oxygen atoms in total. The van der Waals surface area contributed by atoms with Gasteiger partial charge >= 0.3 is 0 Å². The molecule has 0 saturated heterocycles. The van der Waals surface area contributed by atoms with Gasteiger partial charge in [0.1, 0.15) is 22.3 Å².